The molecule has 0 atom stereocenters. The van der Waals surface area contributed by atoms with Crippen molar-refractivity contribution in [3.05, 3.63) is 53.1 Å². The summed E-state index contributed by atoms with van der Waals surface area (Å²) in [5.74, 6) is 1.34. The van der Waals surface area contributed by atoms with Crippen LogP contribution < -0.4 is 14.8 Å². The summed E-state index contributed by atoms with van der Waals surface area (Å²) in [6.45, 7) is 5.54. The van der Waals surface area contributed by atoms with Crippen molar-refractivity contribution in [3.8, 4) is 11.5 Å². The Kier molecular flexibility index (Phi) is 6.35. The summed E-state index contributed by atoms with van der Waals surface area (Å²) >= 11 is 5.86. The van der Waals surface area contributed by atoms with Gasteiger partial charge in [0.15, 0.2) is 11.5 Å². The molecule has 10 heteroatoms. The summed E-state index contributed by atoms with van der Waals surface area (Å²) in [6, 6.07) is 11.8. The van der Waals surface area contributed by atoms with Crippen LogP contribution in [0.1, 0.15) is 19.4 Å². The molecule has 32 heavy (non-hydrogen) atoms. The third-order valence-corrected chi connectivity index (χ3v) is 7.98. The van der Waals surface area contributed by atoms with E-state index >= 15 is 0 Å². The quantitative estimate of drug-likeness (QED) is 0.684. The smallest absolute Gasteiger partial charge is 0.243 e. The Balaban J connectivity index is 1.32. The number of benzene rings is 2. The first-order chi connectivity index (χ1) is 15.2. The van der Waals surface area contributed by atoms with Crippen molar-refractivity contribution in [1.29, 1.82) is 0 Å². The molecule has 1 amide bonds. The summed E-state index contributed by atoms with van der Waals surface area (Å²) in [7, 11) is -3.61. The number of hydrogen-bond donors (Lipinski definition) is 1. The fraction of sp³-hybridized carbons (Fsp3) is 0.409. The summed E-state index contributed by atoms with van der Waals surface area (Å²) < 4.78 is 37.8. The van der Waals surface area contributed by atoms with Crippen LogP contribution in [0.25, 0.3) is 0 Å². The average Bonchev–Trinajstić information content (AvgIpc) is 3.26. The van der Waals surface area contributed by atoms with Gasteiger partial charge in [0.1, 0.15) is 0 Å². The normalized spacial score (nSPS) is 16.9. The Bertz CT molecular complexity index is 1100. The van der Waals surface area contributed by atoms with Crippen LogP contribution >= 0.6 is 11.6 Å². The van der Waals surface area contributed by atoms with E-state index in [9.17, 15) is 13.2 Å². The van der Waals surface area contributed by atoms with E-state index < -0.39 is 15.6 Å². The minimum absolute atomic E-state index is 0.0673. The maximum Gasteiger partial charge on any atom is 0.243 e. The predicted molar refractivity (Wildman–Crippen MR) is 120 cm³/mol. The zero-order valence-electron chi connectivity index (χ0n) is 18.0. The van der Waals surface area contributed by atoms with Crippen molar-refractivity contribution in [2.75, 3.05) is 39.5 Å². The van der Waals surface area contributed by atoms with Crippen LogP contribution in [0.3, 0.4) is 0 Å². The van der Waals surface area contributed by atoms with Crippen LogP contribution in [0.15, 0.2) is 47.4 Å². The average molecular weight is 480 g/mol. The van der Waals surface area contributed by atoms with Gasteiger partial charge < -0.3 is 14.4 Å². The van der Waals surface area contributed by atoms with Gasteiger partial charge in [0.05, 0.1) is 11.4 Å². The standard InChI is InChI=1S/C22H26ClN3O5S/c1-22(2,16-3-8-19-20(13-16)31-15-30-19)24-14-21(27)25-9-11-26(12-10-25)32(28,29)18-6-4-17(23)5-7-18/h3-8,13,24H,9-12,14-15H2,1-2H3. The number of amides is 1. The summed E-state index contributed by atoms with van der Waals surface area (Å²) in [5, 5.41) is 3.79. The van der Waals surface area contributed by atoms with Crippen LogP contribution in [-0.2, 0) is 20.4 Å². The molecule has 1 N–H and O–H groups in total. The van der Waals surface area contributed by atoms with Crippen LogP contribution in [-0.4, -0.2) is 63.0 Å². The molecule has 2 aliphatic heterocycles. The molecule has 0 spiro atoms. The fourth-order valence-corrected chi connectivity index (χ4v) is 5.28. The van der Waals surface area contributed by atoms with Gasteiger partial charge in [-0.3, -0.25) is 10.1 Å². The molecule has 2 heterocycles. The van der Waals surface area contributed by atoms with Gasteiger partial charge >= 0.3 is 0 Å². The van der Waals surface area contributed by atoms with Crippen LogP contribution in [0, 0.1) is 0 Å². The van der Waals surface area contributed by atoms with Gasteiger partial charge in [-0.1, -0.05) is 17.7 Å². The Hall–Kier alpha value is -2.33. The molecule has 0 bridgehead atoms. The number of halogens is 1. The molecular formula is C22H26ClN3O5S. The SMILES string of the molecule is CC(C)(NCC(=O)N1CCN(S(=O)(=O)c2ccc(Cl)cc2)CC1)c1ccc2c(c1)OCO2. The zero-order valence-corrected chi connectivity index (χ0v) is 19.6. The van der Waals surface area contributed by atoms with Gasteiger partial charge in [0, 0.05) is 36.7 Å². The molecular weight excluding hydrogens is 454 g/mol. The largest absolute Gasteiger partial charge is 0.454 e. The number of hydrogen-bond acceptors (Lipinski definition) is 6. The van der Waals surface area contributed by atoms with Crippen LogP contribution in [0.2, 0.25) is 5.02 Å². The fourth-order valence-electron chi connectivity index (χ4n) is 3.73. The first-order valence-electron chi connectivity index (χ1n) is 10.4. The number of carbonyl (C=O) groups is 1. The number of nitrogens with one attached hydrogen (secondary N) is 1. The molecule has 4 rings (SSSR count). The molecule has 0 unspecified atom stereocenters. The molecule has 0 aliphatic carbocycles. The molecule has 0 aromatic heterocycles. The van der Waals surface area contributed by atoms with Crippen LogP contribution in [0.4, 0.5) is 0 Å². The number of rotatable bonds is 6. The predicted octanol–water partition coefficient (Wildman–Crippen LogP) is 2.43. The van der Waals surface area contributed by atoms with E-state index in [2.05, 4.69) is 5.32 Å². The third kappa shape index (κ3) is 4.71. The second kappa shape index (κ2) is 8.90. The second-order valence-electron chi connectivity index (χ2n) is 8.29. The molecule has 2 aromatic rings. The first kappa shape index (κ1) is 22.8. The molecule has 8 nitrogen and oxygen atoms in total. The van der Waals surface area contributed by atoms with Crippen molar-refractivity contribution < 1.29 is 22.7 Å². The highest BCUT2D eigenvalue weighted by atomic mass is 35.5. The van der Waals surface area contributed by atoms with Crippen molar-refractivity contribution >= 4 is 27.5 Å². The van der Waals surface area contributed by atoms with E-state index in [-0.39, 0.29) is 37.2 Å². The Labute approximate surface area is 193 Å². The lowest BCUT2D eigenvalue weighted by molar-refractivity contribution is -0.131. The molecule has 1 fully saturated rings. The van der Waals surface area contributed by atoms with Crippen molar-refractivity contribution in [3.63, 3.8) is 0 Å². The van der Waals surface area contributed by atoms with Gasteiger partial charge in [-0.25, -0.2) is 8.42 Å². The lowest BCUT2D eigenvalue weighted by atomic mass is 9.94. The van der Waals surface area contributed by atoms with Gasteiger partial charge in [-0.2, -0.15) is 4.31 Å². The Morgan fingerprint density at radius 2 is 1.69 bits per heavy atom. The number of ether oxygens (including phenoxy) is 2. The van der Waals surface area contributed by atoms with Gasteiger partial charge in [0.2, 0.25) is 22.7 Å². The van der Waals surface area contributed by atoms with Crippen LogP contribution in [0.5, 0.6) is 11.5 Å². The van der Waals surface area contributed by atoms with Crippen molar-refractivity contribution in [2.24, 2.45) is 0 Å². The number of carbonyl (C=O) groups excluding carboxylic acids is 1. The van der Waals surface area contributed by atoms with E-state index in [1.54, 1.807) is 17.0 Å². The summed E-state index contributed by atoms with van der Waals surface area (Å²) in [4.78, 5) is 14.7. The Morgan fingerprint density at radius 3 is 2.38 bits per heavy atom. The lowest BCUT2D eigenvalue weighted by Crippen LogP contribution is -2.53. The van der Waals surface area contributed by atoms with Gasteiger partial charge in [0.25, 0.3) is 0 Å². The topological polar surface area (TPSA) is 88.2 Å². The minimum atomic E-state index is -3.61. The molecule has 172 valence electrons. The molecule has 2 aliphatic rings. The van der Waals surface area contributed by atoms with E-state index in [0.29, 0.717) is 29.6 Å². The van der Waals surface area contributed by atoms with E-state index in [1.807, 2.05) is 32.0 Å². The van der Waals surface area contributed by atoms with Gasteiger partial charge in [-0.05, 0) is 55.8 Å². The maximum absolute atomic E-state index is 12.8. The highest BCUT2D eigenvalue weighted by Gasteiger charge is 2.31. The Morgan fingerprint density at radius 1 is 1.03 bits per heavy atom. The van der Waals surface area contributed by atoms with Gasteiger partial charge in [-0.15, -0.1) is 0 Å². The van der Waals surface area contributed by atoms with Crippen molar-refractivity contribution in [1.82, 2.24) is 14.5 Å². The summed E-state index contributed by atoms with van der Waals surface area (Å²) in [6.07, 6.45) is 0. The maximum atomic E-state index is 12.8. The monoisotopic (exact) mass is 479 g/mol. The number of piperazine rings is 1. The number of nitrogens with zero attached hydrogens (tertiary/aromatic N) is 2. The second-order valence-corrected chi connectivity index (χ2v) is 10.7. The minimum Gasteiger partial charge on any atom is -0.454 e. The first-order valence-corrected chi connectivity index (χ1v) is 12.2. The molecule has 0 radical (unpaired) electrons. The molecule has 0 saturated carbocycles. The molecule has 1 saturated heterocycles. The third-order valence-electron chi connectivity index (χ3n) is 5.82. The number of fused-ring (bicyclic) bond motifs is 1. The number of sulfonamides is 1. The van der Waals surface area contributed by atoms with E-state index in [1.165, 1.54) is 16.4 Å². The summed E-state index contributed by atoms with van der Waals surface area (Å²) in [5.41, 5.74) is 0.518. The highest BCUT2D eigenvalue weighted by Crippen LogP contribution is 2.35. The molecule has 2 aromatic carbocycles. The van der Waals surface area contributed by atoms with Crippen molar-refractivity contribution in [2.45, 2.75) is 24.3 Å². The zero-order chi connectivity index (χ0) is 22.9. The van der Waals surface area contributed by atoms with E-state index in [4.69, 9.17) is 21.1 Å². The van der Waals surface area contributed by atoms with E-state index in [0.717, 1.165) is 5.56 Å². The highest BCUT2D eigenvalue weighted by molar-refractivity contribution is 7.89. The lowest BCUT2D eigenvalue weighted by Gasteiger charge is -2.35.